The molecule has 5 nitrogen and oxygen atoms in total. The first-order valence-electron chi connectivity index (χ1n) is 9.98. The summed E-state index contributed by atoms with van der Waals surface area (Å²) in [6.07, 6.45) is 3.49. The van der Waals surface area contributed by atoms with Gasteiger partial charge in [-0.25, -0.2) is 8.78 Å². The van der Waals surface area contributed by atoms with E-state index < -0.39 is 17.5 Å². The Morgan fingerprint density at radius 1 is 1.13 bits per heavy atom. The standard InChI is InChI=1S/C22H21ClF2N2O3/c23-19-10-15(24)3-4-21(19)30-16-5-7-27(8-6-16)12-14-9-20(25)18(22(28)26-29)11-17(14)13-1-2-13/h3-4,9-11,13,16H,1-2,5-8,12H2. The van der Waals surface area contributed by atoms with Crippen molar-refractivity contribution in [2.24, 2.45) is 5.18 Å². The summed E-state index contributed by atoms with van der Waals surface area (Å²) in [5, 5.41) is 2.61. The molecule has 30 heavy (non-hydrogen) atoms. The second kappa shape index (κ2) is 8.78. The molecule has 2 aromatic rings. The number of nitrogens with zero attached hydrogens (tertiary/aromatic N) is 2. The number of hydrogen-bond donors (Lipinski definition) is 0. The molecule has 0 radical (unpaired) electrons. The highest BCUT2D eigenvalue weighted by Gasteiger charge is 2.30. The minimum absolute atomic E-state index is 0.0255. The molecule has 1 aliphatic heterocycles. The molecule has 1 saturated heterocycles. The van der Waals surface area contributed by atoms with Gasteiger partial charge in [0.1, 0.15) is 23.5 Å². The van der Waals surface area contributed by atoms with E-state index in [1.54, 1.807) is 0 Å². The Labute approximate surface area is 177 Å². The lowest BCUT2D eigenvalue weighted by molar-refractivity contribution is 0.0964. The smallest absolute Gasteiger partial charge is 0.319 e. The third-order valence-corrected chi connectivity index (χ3v) is 5.97. The lowest BCUT2D eigenvalue weighted by Gasteiger charge is -2.32. The number of likely N-dealkylation sites (tertiary alicyclic amines) is 1. The summed E-state index contributed by atoms with van der Waals surface area (Å²) in [7, 11) is 0. The first kappa shape index (κ1) is 20.9. The van der Waals surface area contributed by atoms with Crippen LogP contribution in [0.15, 0.2) is 35.5 Å². The third kappa shape index (κ3) is 4.68. The number of ether oxygens (including phenoxy) is 1. The van der Waals surface area contributed by atoms with E-state index in [1.165, 1.54) is 30.3 Å². The number of halogens is 3. The molecular weight excluding hydrogens is 414 g/mol. The summed E-state index contributed by atoms with van der Waals surface area (Å²) < 4.78 is 33.5. The molecule has 1 heterocycles. The Bertz CT molecular complexity index is 973. The molecule has 1 aliphatic carbocycles. The summed E-state index contributed by atoms with van der Waals surface area (Å²) >= 11 is 6.04. The summed E-state index contributed by atoms with van der Waals surface area (Å²) in [6, 6.07) is 6.95. The van der Waals surface area contributed by atoms with Crippen molar-refractivity contribution >= 4 is 17.5 Å². The van der Waals surface area contributed by atoms with Crippen LogP contribution in [-0.2, 0) is 6.54 Å². The van der Waals surface area contributed by atoms with E-state index in [-0.39, 0.29) is 16.7 Å². The third-order valence-electron chi connectivity index (χ3n) is 5.68. The van der Waals surface area contributed by atoms with Crippen LogP contribution in [0.2, 0.25) is 5.02 Å². The molecule has 8 heteroatoms. The fourth-order valence-electron chi connectivity index (χ4n) is 3.93. The zero-order valence-corrected chi connectivity index (χ0v) is 17.0. The largest absolute Gasteiger partial charge is 0.489 e. The number of carbonyl (C=O) groups excluding carboxylic acids is 1. The van der Waals surface area contributed by atoms with Crippen molar-refractivity contribution in [2.75, 3.05) is 13.1 Å². The molecule has 0 spiro atoms. The SMILES string of the molecule is O=NC(=O)c1cc(C2CC2)c(CN2CCC(Oc3ccc(F)cc3Cl)CC2)cc1F. The van der Waals surface area contributed by atoms with Crippen molar-refractivity contribution in [3.8, 4) is 5.75 Å². The molecule has 1 amide bonds. The van der Waals surface area contributed by atoms with E-state index in [1.807, 2.05) is 0 Å². The van der Waals surface area contributed by atoms with Crippen LogP contribution in [0.5, 0.6) is 5.75 Å². The van der Waals surface area contributed by atoms with E-state index in [9.17, 15) is 18.5 Å². The van der Waals surface area contributed by atoms with Gasteiger partial charge in [-0.05, 0) is 73.1 Å². The number of carbonyl (C=O) groups is 1. The van der Waals surface area contributed by atoms with Crippen molar-refractivity contribution in [1.82, 2.24) is 4.90 Å². The van der Waals surface area contributed by atoms with Gasteiger partial charge >= 0.3 is 5.91 Å². The maximum Gasteiger partial charge on any atom is 0.319 e. The lowest BCUT2D eigenvalue weighted by atomic mass is 9.97. The number of hydrogen-bond acceptors (Lipinski definition) is 4. The monoisotopic (exact) mass is 434 g/mol. The number of nitroso groups, excluding NO2 is 1. The Morgan fingerprint density at radius 2 is 1.87 bits per heavy atom. The summed E-state index contributed by atoms with van der Waals surface area (Å²) in [5.41, 5.74) is 1.53. The van der Waals surface area contributed by atoms with E-state index in [4.69, 9.17) is 16.3 Å². The highest BCUT2D eigenvalue weighted by Crippen LogP contribution is 2.43. The topological polar surface area (TPSA) is 59.0 Å². The zero-order chi connectivity index (χ0) is 21.3. The summed E-state index contributed by atoms with van der Waals surface area (Å²) in [4.78, 5) is 24.3. The van der Waals surface area contributed by atoms with Gasteiger partial charge in [-0.3, -0.25) is 9.69 Å². The minimum atomic E-state index is -1.07. The highest BCUT2D eigenvalue weighted by atomic mass is 35.5. The summed E-state index contributed by atoms with van der Waals surface area (Å²) in [5.74, 6) is -1.40. The molecular formula is C22H21ClF2N2O3. The van der Waals surface area contributed by atoms with Crippen LogP contribution in [0, 0.1) is 16.5 Å². The molecule has 2 aliphatic rings. The Balaban J connectivity index is 1.41. The van der Waals surface area contributed by atoms with E-state index in [0.29, 0.717) is 18.2 Å². The zero-order valence-electron chi connectivity index (χ0n) is 16.2. The van der Waals surface area contributed by atoms with Crippen LogP contribution in [0.25, 0.3) is 0 Å². The van der Waals surface area contributed by atoms with Gasteiger partial charge in [0.2, 0.25) is 0 Å². The predicted octanol–water partition coefficient (Wildman–Crippen LogP) is 5.45. The molecule has 2 fully saturated rings. The molecule has 0 atom stereocenters. The molecule has 158 valence electrons. The van der Waals surface area contributed by atoms with Crippen molar-refractivity contribution in [2.45, 2.75) is 44.2 Å². The first-order valence-corrected chi connectivity index (χ1v) is 10.4. The Morgan fingerprint density at radius 3 is 2.50 bits per heavy atom. The average Bonchev–Trinajstić information content (AvgIpc) is 3.56. The van der Waals surface area contributed by atoms with Gasteiger partial charge in [0, 0.05) is 24.8 Å². The maximum absolute atomic E-state index is 14.4. The van der Waals surface area contributed by atoms with E-state index >= 15 is 0 Å². The Kier molecular flexibility index (Phi) is 6.11. The van der Waals surface area contributed by atoms with E-state index in [2.05, 4.69) is 10.1 Å². The fourth-order valence-corrected chi connectivity index (χ4v) is 4.14. The van der Waals surface area contributed by atoms with Crippen molar-refractivity contribution in [3.05, 3.63) is 68.6 Å². The van der Waals surface area contributed by atoms with Crippen LogP contribution in [-0.4, -0.2) is 30.0 Å². The van der Waals surface area contributed by atoms with Gasteiger partial charge in [-0.15, -0.1) is 4.91 Å². The number of piperidine rings is 1. The van der Waals surface area contributed by atoms with Crippen LogP contribution in [0.1, 0.15) is 53.1 Å². The molecule has 2 aromatic carbocycles. The Hall–Kier alpha value is -2.38. The van der Waals surface area contributed by atoms with Gasteiger partial charge in [0.15, 0.2) is 0 Å². The van der Waals surface area contributed by atoms with Gasteiger partial charge in [0.05, 0.1) is 10.6 Å². The lowest BCUT2D eigenvalue weighted by Crippen LogP contribution is -2.38. The number of benzene rings is 2. The second-order valence-corrected chi connectivity index (χ2v) is 8.28. The van der Waals surface area contributed by atoms with Crippen LogP contribution in [0.3, 0.4) is 0 Å². The highest BCUT2D eigenvalue weighted by molar-refractivity contribution is 6.32. The van der Waals surface area contributed by atoms with Gasteiger partial charge in [0.25, 0.3) is 0 Å². The molecule has 0 N–H and O–H groups in total. The quantitative estimate of drug-likeness (QED) is 0.567. The van der Waals surface area contributed by atoms with Gasteiger partial charge in [-0.1, -0.05) is 11.6 Å². The molecule has 1 saturated carbocycles. The molecule has 4 rings (SSSR count). The maximum atomic E-state index is 14.4. The molecule has 0 bridgehead atoms. The predicted molar refractivity (Wildman–Crippen MR) is 109 cm³/mol. The second-order valence-electron chi connectivity index (χ2n) is 7.87. The normalized spacial score (nSPS) is 17.7. The molecule has 0 unspecified atom stereocenters. The van der Waals surface area contributed by atoms with E-state index in [0.717, 1.165) is 49.9 Å². The van der Waals surface area contributed by atoms with Crippen molar-refractivity contribution in [3.63, 3.8) is 0 Å². The minimum Gasteiger partial charge on any atom is -0.489 e. The average molecular weight is 435 g/mol. The first-order chi connectivity index (χ1) is 14.4. The van der Waals surface area contributed by atoms with Crippen molar-refractivity contribution < 1.29 is 18.3 Å². The van der Waals surface area contributed by atoms with Crippen molar-refractivity contribution in [1.29, 1.82) is 0 Å². The van der Waals surface area contributed by atoms with Gasteiger partial charge < -0.3 is 4.74 Å². The fraction of sp³-hybridized carbons (Fsp3) is 0.409. The molecule has 0 aromatic heterocycles. The van der Waals surface area contributed by atoms with Gasteiger partial charge in [-0.2, -0.15) is 0 Å². The number of amides is 1. The van der Waals surface area contributed by atoms with Crippen LogP contribution < -0.4 is 4.74 Å². The number of rotatable bonds is 6. The van der Waals surface area contributed by atoms with Crippen LogP contribution >= 0.6 is 11.6 Å². The van der Waals surface area contributed by atoms with Crippen LogP contribution in [0.4, 0.5) is 8.78 Å². The summed E-state index contributed by atoms with van der Waals surface area (Å²) in [6.45, 7) is 2.08.